The molecule has 3 aromatic carbocycles. The molecule has 0 bridgehead atoms. The zero-order valence-electron chi connectivity index (χ0n) is 25.5. The highest BCUT2D eigenvalue weighted by Gasteiger charge is 2.46. The first-order chi connectivity index (χ1) is 19.6. The van der Waals surface area contributed by atoms with E-state index < -0.39 is 36.7 Å². The average Bonchev–Trinajstić information content (AvgIpc) is 3.22. The Morgan fingerprint density at radius 1 is 0.857 bits per heavy atom. The molecule has 2 N–H and O–H groups in total. The number of amides is 1. The van der Waals surface area contributed by atoms with E-state index in [1.807, 2.05) is 62.4 Å². The fourth-order valence-electron chi connectivity index (χ4n) is 4.67. The molecular weight excluding hydrogens is 551 g/mol. The second-order valence-electron chi connectivity index (χ2n) is 12.3. The van der Waals surface area contributed by atoms with Crippen molar-refractivity contribution in [3.63, 3.8) is 0 Å². The number of carbonyl (C=O) groups is 1. The number of rotatable bonds is 9. The highest BCUT2D eigenvalue weighted by Crippen LogP contribution is 2.57. The summed E-state index contributed by atoms with van der Waals surface area (Å²) in [6.07, 6.45) is -0.746. The van der Waals surface area contributed by atoms with Crippen LogP contribution in [0.4, 0.5) is 4.79 Å². The monoisotopic (exact) mass is 592 g/mol. The highest BCUT2D eigenvalue weighted by molar-refractivity contribution is 7.53. The van der Waals surface area contributed by atoms with Crippen LogP contribution in [-0.4, -0.2) is 40.8 Å². The van der Waals surface area contributed by atoms with Gasteiger partial charge in [0.05, 0.1) is 24.5 Å². The van der Waals surface area contributed by atoms with E-state index in [2.05, 4.69) is 5.32 Å². The lowest BCUT2D eigenvalue weighted by Crippen LogP contribution is -2.41. The average molecular weight is 593 g/mol. The maximum atomic E-state index is 14.5. The van der Waals surface area contributed by atoms with Crippen LogP contribution >= 0.6 is 7.60 Å². The predicted molar refractivity (Wildman–Crippen MR) is 166 cm³/mol. The number of aliphatic imine (C=N–C) groups is 1. The molecule has 42 heavy (non-hydrogen) atoms. The van der Waals surface area contributed by atoms with Crippen molar-refractivity contribution < 1.29 is 28.3 Å². The zero-order valence-corrected chi connectivity index (χ0v) is 26.4. The first-order valence-corrected chi connectivity index (χ1v) is 15.7. The van der Waals surface area contributed by atoms with Crippen molar-refractivity contribution in [3.05, 3.63) is 89.5 Å². The topological polar surface area (TPSA) is 106 Å². The van der Waals surface area contributed by atoms with Crippen LogP contribution in [0.3, 0.4) is 0 Å². The van der Waals surface area contributed by atoms with Gasteiger partial charge in [-0.15, -0.1) is 0 Å². The van der Waals surface area contributed by atoms with Gasteiger partial charge in [0.1, 0.15) is 11.4 Å². The van der Waals surface area contributed by atoms with E-state index in [0.29, 0.717) is 17.0 Å². The summed E-state index contributed by atoms with van der Waals surface area (Å²) in [6, 6.07) is 21.4. The van der Waals surface area contributed by atoms with Gasteiger partial charge in [-0.1, -0.05) is 74.5 Å². The molecule has 9 heteroatoms. The van der Waals surface area contributed by atoms with Crippen molar-refractivity contribution in [2.24, 2.45) is 10.9 Å². The minimum atomic E-state index is -4.59. The van der Waals surface area contributed by atoms with Crippen molar-refractivity contribution in [2.45, 2.75) is 71.5 Å². The highest BCUT2D eigenvalue weighted by atomic mass is 31.2. The second-order valence-corrected chi connectivity index (χ2v) is 14.1. The molecule has 1 aliphatic rings. The van der Waals surface area contributed by atoms with Crippen LogP contribution < -0.4 is 10.1 Å². The Labute approximate surface area is 248 Å². The maximum Gasteiger partial charge on any atom is 0.408 e. The van der Waals surface area contributed by atoms with Gasteiger partial charge in [-0.2, -0.15) is 0 Å². The molecule has 0 fully saturated rings. The lowest BCUT2D eigenvalue weighted by Gasteiger charge is -2.36. The number of methoxy groups -OCH3 is 1. The summed E-state index contributed by atoms with van der Waals surface area (Å²) < 4.78 is 31.4. The number of benzene rings is 3. The van der Waals surface area contributed by atoms with Gasteiger partial charge in [0.15, 0.2) is 5.78 Å². The molecule has 224 valence electrons. The van der Waals surface area contributed by atoms with Crippen molar-refractivity contribution in [2.75, 3.05) is 7.11 Å². The molecule has 0 spiro atoms. The molecule has 0 radical (unpaired) electrons. The van der Waals surface area contributed by atoms with Crippen molar-refractivity contribution >= 4 is 19.4 Å². The maximum absolute atomic E-state index is 14.5. The third kappa shape index (κ3) is 6.95. The number of hydrogen-bond donors (Lipinski definition) is 2. The number of nitrogens with one attached hydrogen (secondary N) is 1. The van der Waals surface area contributed by atoms with E-state index in [9.17, 15) is 14.3 Å². The number of ether oxygens (including phenoxy) is 2. The van der Waals surface area contributed by atoms with Crippen LogP contribution in [0.25, 0.3) is 11.1 Å². The van der Waals surface area contributed by atoms with E-state index in [-0.39, 0.29) is 5.92 Å². The molecule has 0 aliphatic heterocycles. The van der Waals surface area contributed by atoms with Gasteiger partial charge in [0.25, 0.3) is 0 Å². The largest absolute Gasteiger partial charge is 0.497 e. The number of alkyl carbamates (subject to hydrolysis) is 1. The summed E-state index contributed by atoms with van der Waals surface area (Å²) in [5.41, 5.74) is 2.94. The Kier molecular flexibility index (Phi) is 9.02. The van der Waals surface area contributed by atoms with Gasteiger partial charge >= 0.3 is 13.7 Å². The van der Waals surface area contributed by atoms with E-state index >= 15 is 0 Å². The molecule has 0 saturated heterocycles. The van der Waals surface area contributed by atoms with Crippen LogP contribution in [0, 0.1) is 5.92 Å². The summed E-state index contributed by atoms with van der Waals surface area (Å²) in [6.45, 7) is 12.6. The molecule has 3 atom stereocenters. The third-order valence-corrected chi connectivity index (χ3v) is 9.27. The molecule has 0 saturated carbocycles. The van der Waals surface area contributed by atoms with Crippen LogP contribution in [0.5, 0.6) is 5.75 Å². The second kappa shape index (κ2) is 12.0. The number of carbonyl (C=O) groups excluding carboxylic acids is 1. The Morgan fingerprint density at radius 2 is 1.36 bits per heavy atom. The molecular formula is C33H41N2O6P. The molecule has 3 aromatic rings. The van der Waals surface area contributed by atoms with Gasteiger partial charge in [-0.3, -0.25) is 9.56 Å². The summed E-state index contributed by atoms with van der Waals surface area (Å²) in [5.74, 6) is -0.913. The molecule has 0 heterocycles. The summed E-state index contributed by atoms with van der Waals surface area (Å²) in [7, 11) is -3.04. The first kappa shape index (κ1) is 31.5. The van der Waals surface area contributed by atoms with Gasteiger partial charge in [0, 0.05) is 11.1 Å². The summed E-state index contributed by atoms with van der Waals surface area (Å²) >= 11 is 0. The van der Waals surface area contributed by atoms with E-state index in [1.165, 1.54) is 0 Å². The van der Waals surface area contributed by atoms with E-state index in [4.69, 9.17) is 19.0 Å². The van der Waals surface area contributed by atoms with E-state index in [1.54, 1.807) is 66.0 Å². The lowest BCUT2D eigenvalue weighted by molar-refractivity contribution is 0.0418. The van der Waals surface area contributed by atoms with Crippen LogP contribution in [0.1, 0.15) is 71.2 Å². The standard InChI is InChI=1S/C33H41N2O6P/c1-21(2)33(6,7)41-42(37,38)30(34-29-26-15-11-9-13-24(26)25-14-10-12-16-27(25)29)28(35-31(36)40-32(3,4)5)22-17-19-23(39-8)20-18-22/h9-21,28,30H,1-8H3,(H,35,36)(H,37,38). The molecule has 4 rings (SSSR count). The van der Waals surface area contributed by atoms with E-state index in [0.717, 1.165) is 22.3 Å². The van der Waals surface area contributed by atoms with Gasteiger partial charge < -0.3 is 24.2 Å². The minimum absolute atomic E-state index is 0.0857. The Morgan fingerprint density at radius 3 is 1.81 bits per heavy atom. The minimum Gasteiger partial charge on any atom is -0.497 e. The Hall–Kier alpha value is -3.45. The quantitative estimate of drug-likeness (QED) is 0.193. The first-order valence-electron chi connectivity index (χ1n) is 14.1. The smallest absolute Gasteiger partial charge is 0.408 e. The van der Waals surface area contributed by atoms with Crippen molar-refractivity contribution in [1.82, 2.24) is 5.32 Å². The fraction of sp³-hybridized carbons (Fsp3) is 0.394. The third-order valence-electron chi connectivity index (χ3n) is 7.45. The zero-order chi connectivity index (χ0) is 30.9. The van der Waals surface area contributed by atoms with Crippen LogP contribution in [-0.2, 0) is 13.8 Å². The van der Waals surface area contributed by atoms with Crippen molar-refractivity contribution in [3.8, 4) is 16.9 Å². The predicted octanol–water partition coefficient (Wildman–Crippen LogP) is 7.74. The molecule has 1 aliphatic carbocycles. The molecule has 1 amide bonds. The lowest BCUT2D eigenvalue weighted by atomic mass is 9.95. The molecule has 3 unspecified atom stereocenters. The number of hydrogen-bond acceptors (Lipinski definition) is 6. The summed E-state index contributed by atoms with van der Waals surface area (Å²) in [4.78, 5) is 30.0. The van der Waals surface area contributed by atoms with Crippen molar-refractivity contribution in [1.29, 1.82) is 0 Å². The Bertz CT molecular complexity index is 1460. The van der Waals surface area contributed by atoms with Gasteiger partial charge in [-0.05, 0) is 69.4 Å². The number of nitrogens with zero attached hydrogens (tertiary/aromatic N) is 1. The Balaban J connectivity index is 1.94. The fourth-order valence-corrected chi connectivity index (χ4v) is 6.55. The molecule has 8 nitrogen and oxygen atoms in total. The van der Waals surface area contributed by atoms with Crippen LogP contribution in [0.2, 0.25) is 0 Å². The van der Waals surface area contributed by atoms with Crippen LogP contribution in [0.15, 0.2) is 77.8 Å². The van der Waals surface area contributed by atoms with Gasteiger partial charge in [-0.25, -0.2) is 4.79 Å². The van der Waals surface area contributed by atoms with Gasteiger partial charge in [0.2, 0.25) is 0 Å². The SMILES string of the molecule is COc1ccc(C(NC(=O)OC(C)(C)C)C(N=C2c3ccccc3-c3ccccc32)P(=O)(O)OC(C)(C)C(C)C)cc1. The molecule has 0 aromatic heterocycles. The number of fused-ring (bicyclic) bond motifs is 3. The summed E-state index contributed by atoms with van der Waals surface area (Å²) in [5, 5.41) is 2.85. The normalized spacial score (nSPS) is 15.7.